The molecule has 0 unspecified atom stereocenters. The highest BCUT2D eigenvalue weighted by Gasteiger charge is 2.24. The first kappa shape index (κ1) is 25.8. The lowest BCUT2D eigenvalue weighted by Crippen LogP contribution is -2.02. The van der Waals surface area contributed by atoms with Crippen LogP contribution in [0.5, 0.6) is 0 Å². The van der Waals surface area contributed by atoms with Gasteiger partial charge in [0.15, 0.2) is 17.5 Å². The number of rotatable bonds is 4. The van der Waals surface area contributed by atoms with Crippen LogP contribution in [0.25, 0.3) is 101 Å². The topological polar surface area (TPSA) is 64.7 Å². The molecule has 10 rings (SSSR count). The molecule has 0 N–H and O–H groups in total. The lowest BCUT2D eigenvalue weighted by Gasteiger charge is -2.11. The van der Waals surface area contributed by atoms with Crippen molar-refractivity contribution in [3.8, 4) is 67.7 Å². The third-order valence-electron chi connectivity index (χ3n) is 9.10. The summed E-state index contributed by atoms with van der Waals surface area (Å²) in [5, 5.41) is 3.17. The third kappa shape index (κ3) is 4.03. The Bertz CT molecular complexity index is 2680. The van der Waals surface area contributed by atoms with Gasteiger partial charge in [0.2, 0.25) is 0 Å². The molecule has 0 radical (unpaired) electrons. The molecule has 0 bridgehead atoms. The summed E-state index contributed by atoms with van der Waals surface area (Å²) in [6, 6.07) is 49.9. The van der Waals surface area contributed by atoms with E-state index in [1.54, 1.807) is 0 Å². The first-order valence-electron chi connectivity index (χ1n) is 15.6. The van der Waals surface area contributed by atoms with Gasteiger partial charge in [-0.3, -0.25) is 0 Å². The highest BCUT2D eigenvalue weighted by Crippen LogP contribution is 2.47. The molecule has 3 aromatic heterocycles. The minimum absolute atomic E-state index is 0.523. The summed E-state index contributed by atoms with van der Waals surface area (Å²) < 4.78 is 6.23. The normalized spacial score (nSPS) is 11.8. The second kappa shape index (κ2) is 10.0. The van der Waals surface area contributed by atoms with Crippen LogP contribution in [-0.2, 0) is 0 Å². The Morgan fingerprint density at radius 2 is 0.979 bits per heavy atom. The van der Waals surface area contributed by atoms with Gasteiger partial charge >= 0.3 is 0 Å². The molecule has 5 heteroatoms. The quantitative estimate of drug-likeness (QED) is 0.201. The van der Waals surface area contributed by atoms with Gasteiger partial charge in [0.1, 0.15) is 16.9 Å². The van der Waals surface area contributed by atoms with E-state index in [0.717, 1.165) is 60.7 Å². The number of para-hydroxylation sites is 1. The molecular formula is C42H24N4O. The van der Waals surface area contributed by atoms with Crippen LogP contribution >= 0.6 is 0 Å². The van der Waals surface area contributed by atoms with Gasteiger partial charge in [0, 0.05) is 27.3 Å². The molecule has 5 nitrogen and oxygen atoms in total. The van der Waals surface area contributed by atoms with E-state index in [1.807, 2.05) is 36.4 Å². The monoisotopic (exact) mass is 600 g/mol. The number of pyridine rings is 1. The van der Waals surface area contributed by atoms with E-state index in [0.29, 0.717) is 23.2 Å². The lowest BCUT2D eigenvalue weighted by atomic mass is 10.0. The zero-order chi connectivity index (χ0) is 30.9. The summed E-state index contributed by atoms with van der Waals surface area (Å²) in [6.45, 7) is 0. The van der Waals surface area contributed by atoms with Gasteiger partial charge in [-0.15, -0.1) is 0 Å². The summed E-state index contributed by atoms with van der Waals surface area (Å²) in [5.41, 5.74) is 12.1. The molecule has 0 saturated carbocycles. The Morgan fingerprint density at radius 1 is 0.362 bits per heavy atom. The van der Waals surface area contributed by atoms with Crippen molar-refractivity contribution in [2.24, 2.45) is 0 Å². The fraction of sp³-hybridized carbons (Fsp3) is 0. The molecule has 3 heterocycles. The van der Waals surface area contributed by atoms with Gasteiger partial charge in [-0.1, -0.05) is 121 Å². The molecule has 6 aromatic carbocycles. The molecule has 1 aliphatic carbocycles. The van der Waals surface area contributed by atoms with Crippen LogP contribution in [0.4, 0.5) is 0 Å². The summed E-state index contributed by atoms with van der Waals surface area (Å²) in [7, 11) is 0. The Labute approximate surface area is 269 Å². The molecule has 1 aliphatic rings. The maximum absolute atomic E-state index is 6.23. The maximum atomic E-state index is 6.23. The zero-order valence-corrected chi connectivity index (χ0v) is 25.1. The predicted octanol–water partition coefficient (Wildman–Crippen LogP) is 10.6. The number of hydrogen-bond acceptors (Lipinski definition) is 5. The minimum Gasteiger partial charge on any atom is -0.456 e. The van der Waals surface area contributed by atoms with Crippen LogP contribution < -0.4 is 0 Å². The molecule has 9 aromatic rings. The van der Waals surface area contributed by atoms with E-state index in [1.165, 1.54) is 16.7 Å². The van der Waals surface area contributed by atoms with Crippen molar-refractivity contribution in [2.45, 2.75) is 0 Å². The highest BCUT2D eigenvalue weighted by molar-refractivity contribution is 6.15. The van der Waals surface area contributed by atoms with Crippen molar-refractivity contribution in [3.05, 3.63) is 146 Å². The van der Waals surface area contributed by atoms with E-state index in [4.69, 9.17) is 24.4 Å². The highest BCUT2D eigenvalue weighted by atomic mass is 16.3. The van der Waals surface area contributed by atoms with Gasteiger partial charge in [0.05, 0.1) is 5.52 Å². The van der Waals surface area contributed by atoms with Crippen molar-refractivity contribution in [2.75, 3.05) is 0 Å². The molecule has 0 atom stereocenters. The minimum atomic E-state index is 0.523. The molecule has 218 valence electrons. The molecule has 0 saturated heterocycles. The van der Waals surface area contributed by atoms with Crippen LogP contribution in [0.15, 0.2) is 150 Å². The Hall–Kier alpha value is -6.46. The van der Waals surface area contributed by atoms with Crippen molar-refractivity contribution >= 4 is 32.8 Å². The maximum Gasteiger partial charge on any atom is 0.182 e. The SMILES string of the molecule is c1ccc(-c2ccc(-c3nc(-c4cc5c6c(cccc6n4)-c4ccccc4-5)nc(-c4cccc5oc6ccccc6c45)n3)cc2)cc1. The molecule has 0 spiro atoms. The molecular weight excluding hydrogens is 576 g/mol. The summed E-state index contributed by atoms with van der Waals surface area (Å²) in [6.07, 6.45) is 0. The molecule has 0 amide bonds. The standard InChI is InChI=1S/C42H24N4O/c1-2-10-25(11-3-1)26-20-22-27(23-21-26)40-44-41(32-16-9-19-37-39(32)31-14-6-7-18-36(31)47-37)46-42(45-40)35-24-33-29-13-5-4-12-28(29)30-15-8-17-34(43-35)38(30)33/h1-24H. The number of hydrogen-bond donors (Lipinski definition) is 0. The van der Waals surface area contributed by atoms with Crippen LogP contribution in [0.2, 0.25) is 0 Å². The van der Waals surface area contributed by atoms with Gasteiger partial charge in [-0.25, -0.2) is 19.9 Å². The van der Waals surface area contributed by atoms with E-state index < -0.39 is 0 Å². The second-order valence-corrected chi connectivity index (χ2v) is 11.8. The van der Waals surface area contributed by atoms with E-state index >= 15 is 0 Å². The van der Waals surface area contributed by atoms with Crippen LogP contribution in [0.1, 0.15) is 0 Å². The van der Waals surface area contributed by atoms with Gasteiger partial charge in [0.25, 0.3) is 0 Å². The van der Waals surface area contributed by atoms with Crippen molar-refractivity contribution in [1.29, 1.82) is 0 Å². The fourth-order valence-electron chi connectivity index (χ4n) is 6.93. The lowest BCUT2D eigenvalue weighted by molar-refractivity contribution is 0.669. The Kier molecular flexibility index (Phi) is 5.51. The summed E-state index contributed by atoms with van der Waals surface area (Å²) in [5.74, 6) is 1.68. The Balaban J connectivity index is 1.21. The summed E-state index contributed by atoms with van der Waals surface area (Å²) >= 11 is 0. The first-order chi connectivity index (χ1) is 23.3. The smallest absolute Gasteiger partial charge is 0.182 e. The molecule has 47 heavy (non-hydrogen) atoms. The van der Waals surface area contributed by atoms with Gasteiger partial charge in [-0.05, 0) is 57.6 Å². The number of furan rings is 1. The van der Waals surface area contributed by atoms with Crippen molar-refractivity contribution in [1.82, 2.24) is 19.9 Å². The number of benzene rings is 6. The molecule has 0 fully saturated rings. The van der Waals surface area contributed by atoms with Crippen LogP contribution in [0.3, 0.4) is 0 Å². The number of nitrogens with zero attached hydrogens (tertiary/aromatic N) is 4. The average Bonchev–Trinajstić information content (AvgIpc) is 3.69. The third-order valence-corrected chi connectivity index (χ3v) is 9.10. The van der Waals surface area contributed by atoms with Crippen LogP contribution in [-0.4, -0.2) is 19.9 Å². The van der Waals surface area contributed by atoms with Gasteiger partial charge < -0.3 is 4.42 Å². The number of aromatic nitrogens is 4. The van der Waals surface area contributed by atoms with Crippen LogP contribution in [0, 0.1) is 0 Å². The van der Waals surface area contributed by atoms with E-state index in [-0.39, 0.29) is 0 Å². The zero-order valence-electron chi connectivity index (χ0n) is 25.1. The Morgan fingerprint density at radius 3 is 1.85 bits per heavy atom. The average molecular weight is 601 g/mol. The summed E-state index contributed by atoms with van der Waals surface area (Å²) in [4.78, 5) is 20.5. The largest absolute Gasteiger partial charge is 0.456 e. The van der Waals surface area contributed by atoms with Crippen molar-refractivity contribution in [3.63, 3.8) is 0 Å². The van der Waals surface area contributed by atoms with E-state index in [9.17, 15) is 0 Å². The van der Waals surface area contributed by atoms with Crippen molar-refractivity contribution < 1.29 is 4.42 Å². The van der Waals surface area contributed by atoms with E-state index in [2.05, 4.69) is 109 Å². The predicted molar refractivity (Wildman–Crippen MR) is 189 cm³/mol. The van der Waals surface area contributed by atoms with Gasteiger partial charge in [-0.2, -0.15) is 0 Å². The second-order valence-electron chi connectivity index (χ2n) is 11.8. The number of fused-ring (bicyclic) bond motifs is 6. The fourth-order valence-corrected chi connectivity index (χ4v) is 6.93. The molecule has 0 aliphatic heterocycles. The first-order valence-corrected chi connectivity index (χ1v) is 15.6.